The summed E-state index contributed by atoms with van der Waals surface area (Å²) in [7, 11) is 0. The highest BCUT2D eigenvalue weighted by Gasteiger charge is 2.33. The molecule has 0 saturated carbocycles. The van der Waals surface area contributed by atoms with E-state index < -0.39 is 17.8 Å². The minimum atomic E-state index is -4.45. The second-order valence-electron chi connectivity index (χ2n) is 3.75. The summed E-state index contributed by atoms with van der Waals surface area (Å²) in [4.78, 5) is 0. The van der Waals surface area contributed by atoms with Crippen LogP contribution in [0.15, 0.2) is 18.2 Å². The van der Waals surface area contributed by atoms with Crippen molar-refractivity contribution >= 4 is 17.3 Å². The number of rotatable bonds is 4. The number of aliphatic hydroxyl groups excluding tert-OH is 1. The van der Waals surface area contributed by atoms with Crippen molar-refractivity contribution in [3.63, 3.8) is 0 Å². The SMILES string of the molecule is CC(O)CCNc1ccc(Cl)cc1C(F)(F)F. The van der Waals surface area contributed by atoms with Crippen LogP contribution in [0.5, 0.6) is 0 Å². The van der Waals surface area contributed by atoms with E-state index in [1.54, 1.807) is 6.92 Å². The molecule has 1 unspecified atom stereocenters. The molecule has 17 heavy (non-hydrogen) atoms. The van der Waals surface area contributed by atoms with E-state index in [-0.39, 0.29) is 17.3 Å². The molecule has 6 heteroatoms. The predicted octanol–water partition coefficient (Wildman–Crippen LogP) is 3.54. The van der Waals surface area contributed by atoms with Gasteiger partial charge in [-0.25, -0.2) is 0 Å². The van der Waals surface area contributed by atoms with Crippen molar-refractivity contribution in [2.75, 3.05) is 11.9 Å². The van der Waals surface area contributed by atoms with E-state index in [0.717, 1.165) is 6.07 Å². The van der Waals surface area contributed by atoms with Crippen LogP contribution >= 0.6 is 11.6 Å². The third kappa shape index (κ3) is 4.44. The van der Waals surface area contributed by atoms with E-state index in [1.807, 2.05) is 0 Å². The van der Waals surface area contributed by atoms with Gasteiger partial charge < -0.3 is 10.4 Å². The Labute approximate surface area is 102 Å². The molecule has 1 atom stereocenters. The molecular weight excluding hydrogens is 255 g/mol. The zero-order valence-corrected chi connectivity index (χ0v) is 9.94. The number of anilines is 1. The predicted molar refractivity (Wildman–Crippen MR) is 61.2 cm³/mol. The summed E-state index contributed by atoms with van der Waals surface area (Å²) in [6, 6.07) is 3.56. The fourth-order valence-electron chi connectivity index (χ4n) is 1.32. The van der Waals surface area contributed by atoms with Gasteiger partial charge in [-0.15, -0.1) is 0 Å². The highest BCUT2D eigenvalue weighted by Crippen LogP contribution is 2.36. The van der Waals surface area contributed by atoms with Gasteiger partial charge in [-0.05, 0) is 31.5 Å². The summed E-state index contributed by atoms with van der Waals surface area (Å²) in [6.45, 7) is 1.84. The van der Waals surface area contributed by atoms with Gasteiger partial charge in [0.2, 0.25) is 0 Å². The average Bonchev–Trinajstić information content (AvgIpc) is 2.18. The average molecular weight is 268 g/mol. The maximum Gasteiger partial charge on any atom is 0.418 e. The minimum Gasteiger partial charge on any atom is -0.393 e. The zero-order valence-electron chi connectivity index (χ0n) is 9.18. The van der Waals surface area contributed by atoms with Crippen molar-refractivity contribution in [2.24, 2.45) is 0 Å². The van der Waals surface area contributed by atoms with Gasteiger partial charge in [-0.3, -0.25) is 0 Å². The first-order chi connectivity index (χ1) is 7.80. The molecule has 2 nitrogen and oxygen atoms in total. The zero-order chi connectivity index (χ0) is 13.1. The lowest BCUT2D eigenvalue weighted by Gasteiger charge is -2.15. The molecule has 0 aliphatic heterocycles. The topological polar surface area (TPSA) is 32.3 Å². The molecule has 0 radical (unpaired) electrons. The molecule has 0 amide bonds. The lowest BCUT2D eigenvalue weighted by atomic mass is 10.1. The Morgan fingerprint density at radius 3 is 2.59 bits per heavy atom. The normalized spacial score (nSPS) is 13.5. The smallest absolute Gasteiger partial charge is 0.393 e. The fourth-order valence-corrected chi connectivity index (χ4v) is 1.49. The number of benzene rings is 1. The third-order valence-electron chi connectivity index (χ3n) is 2.16. The standard InChI is InChI=1S/C11H13ClF3NO/c1-7(17)4-5-16-10-3-2-8(12)6-9(10)11(13,14)15/h2-3,6-7,16-17H,4-5H2,1H3. The van der Waals surface area contributed by atoms with Crippen LogP contribution in [0.2, 0.25) is 5.02 Å². The molecule has 96 valence electrons. The van der Waals surface area contributed by atoms with E-state index in [0.29, 0.717) is 6.42 Å². The molecule has 1 rings (SSSR count). The van der Waals surface area contributed by atoms with Crippen molar-refractivity contribution in [3.8, 4) is 0 Å². The van der Waals surface area contributed by atoms with E-state index >= 15 is 0 Å². The summed E-state index contributed by atoms with van der Waals surface area (Å²) in [5, 5.41) is 11.7. The molecule has 0 saturated heterocycles. The van der Waals surface area contributed by atoms with Crippen molar-refractivity contribution in [2.45, 2.75) is 25.6 Å². The highest BCUT2D eigenvalue weighted by molar-refractivity contribution is 6.30. The number of alkyl halides is 3. The van der Waals surface area contributed by atoms with Gasteiger partial charge in [-0.1, -0.05) is 11.6 Å². The van der Waals surface area contributed by atoms with Crippen LogP contribution in [0.25, 0.3) is 0 Å². The second-order valence-corrected chi connectivity index (χ2v) is 4.19. The second kappa shape index (κ2) is 5.60. The van der Waals surface area contributed by atoms with Crippen LogP contribution in [0, 0.1) is 0 Å². The van der Waals surface area contributed by atoms with Crippen molar-refractivity contribution in [3.05, 3.63) is 28.8 Å². The monoisotopic (exact) mass is 267 g/mol. The number of hydrogen-bond donors (Lipinski definition) is 2. The molecule has 1 aromatic carbocycles. The summed E-state index contributed by atoms with van der Waals surface area (Å²) < 4.78 is 38.0. The van der Waals surface area contributed by atoms with Gasteiger partial charge in [-0.2, -0.15) is 13.2 Å². The maximum atomic E-state index is 12.7. The van der Waals surface area contributed by atoms with Crippen LogP contribution in [0.4, 0.5) is 18.9 Å². The molecule has 0 aliphatic rings. The van der Waals surface area contributed by atoms with Gasteiger partial charge >= 0.3 is 6.18 Å². The first kappa shape index (κ1) is 14.1. The van der Waals surface area contributed by atoms with Crippen LogP contribution in [0.3, 0.4) is 0 Å². The van der Waals surface area contributed by atoms with Gasteiger partial charge in [0.1, 0.15) is 0 Å². The molecular formula is C11H13ClF3NO. The Morgan fingerprint density at radius 2 is 2.06 bits per heavy atom. The maximum absolute atomic E-state index is 12.7. The van der Waals surface area contributed by atoms with Crippen LogP contribution in [0.1, 0.15) is 18.9 Å². The van der Waals surface area contributed by atoms with Gasteiger partial charge in [0.15, 0.2) is 0 Å². The van der Waals surface area contributed by atoms with Crippen molar-refractivity contribution < 1.29 is 18.3 Å². The Bertz CT molecular complexity index is 379. The van der Waals surface area contributed by atoms with Gasteiger partial charge in [0, 0.05) is 17.3 Å². The number of nitrogens with one attached hydrogen (secondary N) is 1. The molecule has 2 N–H and O–H groups in total. The Morgan fingerprint density at radius 1 is 1.41 bits per heavy atom. The third-order valence-corrected chi connectivity index (χ3v) is 2.40. The Hall–Kier alpha value is -0.940. The Kier molecular flexibility index (Phi) is 4.65. The van der Waals surface area contributed by atoms with Gasteiger partial charge in [0.25, 0.3) is 0 Å². The molecule has 0 aliphatic carbocycles. The molecule has 0 heterocycles. The van der Waals surface area contributed by atoms with E-state index in [1.165, 1.54) is 12.1 Å². The molecule has 1 aromatic rings. The first-order valence-corrected chi connectivity index (χ1v) is 5.47. The summed E-state index contributed by atoms with van der Waals surface area (Å²) in [5.41, 5.74) is -0.821. The Balaban J connectivity index is 2.84. The molecule has 0 aromatic heterocycles. The molecule has 0 spiro atoms. The summed E-state index contributed by atoms with van der Waals surface area (Å²) in [6.07, 6.45) is -4.62. The number of aliphatic hydroxyl groups is 1. The van der Waals surface area contributed by atoms with E-state index in [4.69, 9.17) is 16.7 Å². The summed E-state index contributed by atoms with van der Waals surface area (Å²) in [5.74, 6) is 0. The lowest BCUT2D eigenvalue weighted by Crippen LogP contribution is -2.14. The molecule has 0 bridgehead atoms. The van der Waals surface area contributed by atoms with E-state index in [9.17, 15) is 13.2 Å². The van der Waals surface area contributed by atoms with Gasteiger partial charge in [0.05, 0.1) is 11.7 Å². The van der Waals surface area contributed by atoms with Crippen molar-refractivity contribution in [1.82, 2.24) is 0 Å². The first-order valence-electron chi connectivity index (χ1n) is 5.09. The fraction of sp³-hybridized carbons (Fsp3) is 0.455. The molecule has 0 fully saturated rings. The summed E-state index contributed by atoms with van der Waals surface area (Å²) >= 11 is 5.54. The largest absolute Gasteiger partial charge is 0.418 e. The van der Waals surface area contributed by atoms with E-state index in [2.05, 4.69) is 5.32 Å². The quantitative estimate of drug-likeness (QED) is 0.874. The van der Waals surface area contributed by atoms with Crippen LogP contribution < -0.4 is 5.32 Å². The minimum absolute atomic E-state index is 0.0254. The van der Waals surface area contributed by atoms with Crippen molar-refractivity contribution in [1.29, 1.82) is 0 Å². The number of hydrogen-bond acceptors (Lipinski definition) is 2. The highest BCUT2D eigenvalue weighted by atomic mass is 35.5. The van der Waals surface area contributed by atoms with Crippen LogP contribution in [-0.4, -0.2) is 17.8 Å². The lowest BCUT2D eigenvalue weighted by molar-refractivity contribution is -0.136. The number of halogens is 4. The van der Waals surface area contributed by atoms with Crippen LogP contribution in [-0.2, 0) is 6.18 Å².